The number of hydrogen-bond acceptors (Lipinski definition) is 9. The van der Waals surface area contributed by atoms with Gasteiger partial charge in [0.2, 0.25) is 5.12 Å². The van der Waals surface area contributed by atoms with Crippen molar-refractivity contribution >= 4 is 50.4 Å². The van der Waals surface area contributed by atoms with Gasteiger partial charge in [0.15, 0.2) is 5.78 Å². The van der Waals surface area contributed by atoms with Crippen molar-refractivity contribution in [1.29, 1.82) is 0 Å². The first-order valence-corrected chi connectivity index (χ1v) is 14.1. The molecule has 1 aromatic heterocycles. The van der Waals surface area contributed by atoms with Crippen LogP contribution in [-0.2, 0) is 26.2 Å². The molecular formula is C23H28ClN3O7S2. The van der Waals surface area contributed by atoms with Gasteiger partial charge in [-0.2, -0.15) is 0 Å². The van der Waals surface area contributed by atoms with E-state index in [0.717, 1.165) is 24.6 Å². The number of aliphatic carboxylic acids is 1. The van der Waals surface area contributed by atoms with E-state index < -0.39 is 32.6 Å². The van der Waals surface area contributed by atoms with Gasteiger partial charge in [0.1, 0.15) is 5.76 Å². The molecule has 196 valence electrons. The molecule has 0 spiro atoms. The molecule has 1 atom stereocenters. The largest absolute Gasteiger partial charge is 0.480 e. The van der Waals surface area contributed by atoms with E-state index >= 15 is 0 Å². The normalized spacial score (nSPS) is 16.2. The molecule has 0 amide bonds. The van der Waals surface area contributed by atoms with E-state index in [1.54, 1.807) is 19.1 Å². The number of halogens is 1. The number of ketones is 1. The van der Waals surface area contributed by atoms with E-state index in [1.165, 1.54) is 30.5 Å². The Kier molecular flexibility index (Phi) is 9.72. The minimum Gasteiger partial charge on any atom is -0.480 e. The molecule has 0 aliphatic heterocycles. The van der Waals surface area contributed by atoms with Gasteiger partial charge in [-0.3, -0.25) is 19.7 Å². The fraction of sp³-hybridized carbons (Fsp3) is 0.435. The lowest BCUT2D eigenvalue weighted by Crippen LogP contribution is -2.53. The summed E-state index contributed by atoms with van der Waals surface area (Å²) in [4.78, 5) is 36.8. The first-order valence-electron chi connectivity index (χ1n) is 11.3. The van der Waals surface area contributed by atoms with Crippen molar-refractivity contribution in [1.82, 2.24) is 14.7 Å². The predicted octanol–water partition coefficient (Wildman–Crippen LogP) is 3.19. The van der Waals surface area contributed by atoms with Crippen molar-refractivity contribution in [2.75, 3.05) is 12.3 Å². The molecule has 1 fully saturated rings. The van der Waals surface area contributed by atoms with E-state index in [2.05, 4.69) is 10.7 Å². The van der Waals surface area contributed by atoms with E-state index in [4.69, 9.17) is 21.3 Å². The highest BCUT2D eigenvalue weighted by molar-refractivity contribution is 8.14. The number of furan rings is 1. The van der Waals surface area contributed by atoms with Crippen LogP contribution in [-0.4, -0.2) is 52.2 Å². The SMILES string of the molecule is CC(CSC(=O)c1cccc(S(=O)(=O)N(Cl)NCc2ccco2)c1)C(=O)C1(NCC(=O)O)CCCC1. The maximum atomic E-state index is 13.1. The second-order valence-corrected chi connectivity index (χ2v) is 11.9. The van der Waals surface area contributed by atoms with E-state index in [1.807, 2.05) is 0 Å². The van der Waals surface area contributed by atoms with Gasteiger partial charge in [-0.25, -0.2) is 13.8 Å². The topological polar surface area (TPSA) is 146 Å². The molecule has 1 aliphatic rings. The average Bonchev–Trinajstić information content (AvgIpc) is 3.57. The lowest BCUT2D eigenvalue weighted by molar-refractivity contribution is -0.137. The summed E-state index contributed by atoms with van der Waals surface area (Å²) < 4.78 is 31.2. The highest BCUT2D eigenvalue weighted by atomic mass is 35.5. The van der Waals surface area contributed by atoms with Gasteiger partial charge in [-0.05, 0) is 41.0 Å². The molecule has 10 nitrogen and oxygen atoms in total. The fourth-order valence-electron chi connectivity index (χ4n) is 4.08. The summed E-state index contributed by atoms with van der Waals surface area (Å²) in [5, 5.41) is 11.5. The number of hydrazine groups is 1. The summed E-state index contributed by atoms with van der Waals surface area (Å²) in [6.45, 7) is 1.45. The molecule has 0 saturated heterocycles. The Morgan fingerprint density at radius 3 is 2.58 bits per heavy atom. The second kappa shape index (κ2) is 12.3. The van der Waals surface area contributed by atoms with Crippen LogP contribution in [0.2, 0.25) is 0 Å². The Balaban J connectivity index is 1.61. The molecular weight excluding hydrogens is 530 g/mol. The Morgan fingerprint density at radius 2 is 1.94 bits per heavy atom. The highest BCUT2D eigenvalue weighted by Crippen LogP contribution is 2.33. The van der Waals surface area contributed by atoms with Gasteiger partial charge in [0.05, 0.1) is 29.8 Å². The Hall–Kier alpha value is -2.22. The monoisotopic (exact) mass is 557 g/mol. The van der Waals surface area contributed by atoms with Crippen LogP contribution in [0.15, 0.2) is 52.0 Å². The van der Waals surface area contributed by atoms with Crippen LogP contribution in [0.25, 0.3) is 0 Å². The Bertz CT molecular complexity index is 1180. The van der Waals surface area contributed by atoms with Crippen LogP contribution >= 0.6 is 23.5 Å². The zero-order valence-corrected chi connectivity index (χ0v) is 22.0. The van der Waals surface area contributed by atoms with E-state index in [9.17, 15) is 22.8 Å². The zero-order valence-electron chi connectivity index (χ0n) is 19.6. The van der Waals surface area contributed by atoms with Crippen LogP contribution < -0.4 is 10.7 Å². The molecule has 1 unspecified atom stereocenters. The molecule has 13 heteroatoms. The van der Waals surface area contributed by atoms with E-state index in [-0.39, 0.29) is 35.1 Å². The van der Waals surface area contributed by atoms with Gasteiger partial charge >= 0.3 is 5.97 Å². The van der Waals surface area contributed by atoms with Crippen LogP contribution in [0.1, 0.15) is 48.7 Å². The number of carbonyl (C=O) groups excluding carboxylic acids is 2. The number of carbonyl (C=O) groups is 3. The second-order valence-electron chi connectivity index (χ2n) is 8.56. The Labute approximate surface area is 218 Å². The lowest BCUT2D eigenvalue weighted by atomic mass is 9.85. The fourth-order valence-corrected chi connectivity index (χ4v) is 6.17. The Morgan fingerprint density at radius 1 is 1.22 bits per heavy atom. The summed E-state index contributed by atoms with van der Waals surface area (Å²) >= 11 is 6.85. The lowest BCUT2D eigenvalue weighted by Gasteiger charge is -2.31. The van der Waals surface area contributed by atoms with Gasteiger partial charge in [0, 0.05) is 29.0 Å². The molecule has 1 heterocycles. The van der Waals surface area contributed by atoms with Crippen molar-refractivity contribution in [2.45, 2.75) is 49.6 Å². The van der Waals surface area contributed by atoms with Gasteiger partial charge in [0.25, 0.3) is 10.0 Å². The van der Waals surface area contributed by atoms with Crippen molar-refractivity contribution in [3.05, 3.63) is 54.0 Å². The summed E-state index contributed by atoms with van der Waals surface area (Å²) in [7, 11) is -4.15. The first-order chi connectivity index (χ1) is 17.0. The summed E-state index contributed by atoms with van der Waals surface area (Å²) in [6, 6.07) is 8.80. The number of benzene rings is 1. The van der Waals surface area contributed by atoms with Gasteiger partial charge in [-0.15, -0.1) is 0 Å². The van der Waals surface area contributed by atoms with Crippen molar-refractivity contribution < 1.29 is 32.3 Å². The number of nitrogens with one attached hydrogen (secondary N) is 2. The summed E-state index contributed by atoms with van der Waals surface area (Å²) in [5.41, 5.74) is 1.78. The molecule has 1 aliphatic carbocycles. The number of carboxylic acid groups (broad SMARTS) is 1. The molecule has 3 rings (SSSR count). The van der Waals surface area contributed by atoms with Crippen LogP contribution in [0, 0.1) is 5.92 Å². The molecule has 1 saturated carbocycles. The molecule has 0 radical (unpaired) electrons. The number of thioether (sulfide) groups is 1. The van der Waals surface area contributed by atoms with Gasteiger partial charge in [-0.1, -0.05) is 43.7 Å². The highest BCUT2D eigenvalue weighted by Gasteiger charge is 2.42. The van der Waals surface area contributed by atoms with Crippen LogP contribution in [0.5, 0.6) is 0 Å². The number of sulfonamides is 1. The number of rotatable bonds is 13. The third-order valence-corrected chi connectivity index (χ3v) is 9.19. The number of carboxylic acids is 1. The standard InChI is InChI=1S/C23H28ClN3O7S2/c1-16(21(30)23(9-2-3-10-23)25-14-20(28)29)15-35-22(31)17-6-4-8-19(12-17)36(32,33)27(24)26-13-18-7-5-11-34-18/h4-8,11-12,16,25-26H,2-3,9-10,13-15H2,1H3,(H,28,29). The average molecular weight is 558 g/mol. The maximum Gasteiger partial charge on any atom is 0.317 e. The zero-order chi connectivity index (χ0) is 26.3. The third kappa shape index (κ3) is 6.96. The van der Waals surface area contributed by atoms with Gasteiger partial charge < -0.3 is 9.52 Å². The summed E-state index contributed by atoms with van der Waals surface area (Å²) in [6.07, 6.45) is 4.22. The van der Waals surface area contributed by atoms with Crippen molar-refractivity contribution in [3.63, 3.8) is 0 Å². The minimum atomic E-state index is -4.15. The first kappa shape index (κ1) is 28.4. The maximum absolute atomic E-state index is 13.1. The molecule has 1 aromatic carbocycles. The molecule has 36 heavy (non-hydrogen) atoms. The van der Waals surface area contributed by atoms with Crippen LogP contribution in [0.3, 0.4) is 0 Å². The summed E-state index contributed by atoms with van der Waals surface area (Å²) in [5.74, 6) is -0.991. The number of hydrogen-bond donors (Lipinski definition) is 3. The molecule has 3 N–H and O–H groups in total. The smallest absolute Gasteiger partial charge is 0.317 e. The van der Waals surface area contributed by atoms with Crippen molar-refractivity contribution in [2.24, 2.45) is 5.92 Å². The van der Waals surface area contributed by atoms with E-state index in [0.29, 0.717) is 22.5 Å². The number of nitrogens with zero attached hydrogens (tertiary/aromatic N) is 1. The quantitative estimate of drug-likeness (QED) is 0.248. The van der Waals surface area contributed by atoms with Crippen molar-refractivity contribution in [3.8, 4) is 0 Å². The minimum absolute atomic E-state index is 0.0406. The molecule has 2 aromatic rings. The number of Topliss-reactive ketones (excluding diaryl/α,β-unsaturated/α-hetero) is 1. The molecule has 0 bridgehead atoms. The van der Waals surface area contributed by atoms with Crippen LogP contribution in [0.4, 0.5) is 0 Å². The third-order valence-electron chi connectivity index (χ3n) is 5.96. The predicted molar refractivity (Wildman–Crippen MR) is 135 cm³/mol.